The van der Waals surface area contributed by atoms with E-state index >= 15 is 0 Å². The first-order valence-corrected chi connectivity index (χ1v) is 12.0. The third kappa shape index (κ3) is 5.12. The quantitative estimate of drug-likeness (QED) is 0.511. The lowest BCUT2D eigenvalue weighted by Gasteiger charge is -2.17. The number of nitrogens with zero attached hydrogens (tertiary/aromatic N) is 2. The summed E-state index contributed by atoms with van der Waals surface area (Å²) >= 11 is 0.947. The Morgan fingerprint density at radius 3 is 2.33 bits per heavy atom. The number of amides is 1. The van der Waals surface area contributed by atoms with Crippen LogP contribution in [0.3, 0.4) is 0 Å². The molecule has 0 atom stereocenters. The van der Waals surface area contributed by atoms with E-state index in [1.54, 1.807) is 6.92 Å². The molecule has 0 bridgehead atoms. The molecule has 3 aromatic rings. The summed E-state index contributed by atoms with van der Waals surface area (Å²) in [5.41, 5.74) is 1.66. The molecule has 0 spiro atoms. The Morgan fingerprint density at radius 2 is 1.76 bits per heavy atom. The second kappa shape index (κ2) is 9.95. The summed E-state index contributed by atoms with van der Waals surface area (Å²) in [6.45, 7) is 1.81. The normalized spacial score (nSPS) is 11.1. The summed E-state index contributed by atoms with van der Waals surface area (Å²) in [5, 5.41) is 12.3. The molecule has 8 nitrogen and oxygen atoms in total. The van der Waals surface area contributed by atoms with Gasteiger partial charge < -0.3 is 10.1 Å². The Kier molecular flexibility index (Phi) is 7.28. The van der Waals surface area contributed by atoms with Crippen molar-refractivity contribution in [3.63, 3.8) is 0 Å². The molecule has 0 fully saturated rings. The SMILES string of the molecule is COC(=O)c1sc(NC(=O)c2ccc(S(=O)(=O)N(C)Cc3ccccc3)cc2)c(C#N)c1C. The summed E-state index contributed by atoms with van der Waals surface area (Å²) < 4.78 is 31.7. The lowest BCUT2D eigenvalue weighted by molar-refractivity contribution is 0.0605. The van der Waals surface area contributed by atoms with Gasteiger partial charge in [0, 0.05) is 19.2 Å². The molecule has 1 N–H and O–H groups in total. The van der Waals surface area contributed by atoms with Crippen molar-refractivity contribution in [3.8, 4) is 6.07 Å². The van der Waals surface area contributed by atoms with Crippen LogP contribution in [0.25, 0.3) is 0 Å². The maximum absolute atomic E-state index is 12.9. The molecule has 0 aliphatic rings. The summed E-state index contributed by atoms with van der Waals surface area (Å²) in [5.74, 6) is -1.13. The van der Waals surface area contributed by atoms with Crippen LogP contribution in [-0.2, 0) is 21.3 Å². The van der Waals surface area contributed by atoms with E-state index in [1.165, 1.54) is 42.7 Å². The van der Waals surface area contributed by atoms with Crippen molar-refractivity contribution in [2.24, 2.45) is 0 Å². The Morgan fingerprint density at radius 1 is 1.12 bits per heavy atom. The first-order chi connectivity index (χ1) is 15.7. The van der Waals surface area contributed by atoms with E-state index in [9.17, 15) is 23.3 Å². The van der Waals surface area contributed by atoms with Crippen LogP contribution in [0.5, 0.6) is 0 Å². The number of benzene rings is 2. The zero-order valence-corrected chi connectivity index (χ0v) is 19.8. The minimum absolute atomic E-state index is 0.0511. The molecule has 0 aliphatic carbocycles. The number of hydrogen-bond donors (Lipinski definition) is 1. The zero-order chi connectivity index (χ0) is 24.2. The summed E-state index contributed by atoms with van der Waals surface area (Å²) in [7, 11) is -1.03. The van der Waals surface area contributed by atoms with E-state index in [4.69, 9.17) is 4.74 Å². The van der Waals surface area contributed by atoms with Gasteiger partial charge in [0.2, 0.25) is 10.0 Å². The van der Waals surface area contributed by atoms with Crippen molar-refractivity contribution < 1.29 is 22.7 Å². The number of methoxy groups -OCH3 is 1. The smallest absolute Gasteiger partial charge is 0.348 e. The maximum atomic E-state index is 12.9. The largest absolute Gasteiger partial charge is 0.465 e. The molecule has 0 unspecified atom stereocenters. The first kappa shape index (κ1) is 24.1. The molecule has 3 rings (SSSR count). The topological polar surface area (TPSA) is 117 Å². The van der Waals surface area contributed by atoms with Crippen LogP contribution in [0.2, 0.25) is 0 Å². The minimum Gasteiger partial charge on any atom is -0.465 e. The standard InChI is InChI=1S/C23H21N3O5S2/c1-15-19(13-24)22(32-20(15)23(28)31-3)25-21(27)17-9-11-18(12-10-17)33(29,30)26(2)14-16-7-5-4-6-8-16/h4-12H,14H2,1-3H3,(H,25,27). The van der Waals surface area contributed by atoms with Crippen LogP contribution in [0.1, 0.15) is 36.7 Å². The number of anilines is 1. The van der Waals surface area contributed by atoms with Gasteiger partial charge in [-0.05, 0) is 42.3 Å². The molecule has 2 aromatic carbocycles. The highest BCUT2D eigenvalue weighted by Gasteiger charge is 2.24. The monoisotopic (exact) mass is 483 g/mol. The third-order valence-corrected chi connectivity index (χ3v) is 7.93. The zero-order valence-electron chi connectivity index (χ0n) is 18.2. The van der Waals surface area contributed by atoms with Crippen LogP contribution >= 0.6 is 11.3 Å². The van der Waals surface area contributed by atoms with Crippen LogP contribution in [0.4, 0.5) is 5.00 Å². The average Bonchev–Trinajstić information content (AvgIpc) is 3.13. The number of sulfonamides is 1. The van der Waals surface area contributed by atoms with E-state index < -0.39 is 21.9 Å². The van der Waals surface area contributed by atoms with Gasteiger partial charge in [0.05, 0.1) is 17.6 Å². The first-order valence-electron chi connectivity index (χ1n) is 9.72. The van der Waals surface area contributed by atoms with Crippen molar-refractivity contribution in [1.29, 1.82) is 5.26 Å². The van der Waals surface area contributed by atoms with Gasteiger partial charge >= 0.3 is 5.97 Å². The molecule has 0 aliphatic heterocycles. The second-order valence-electron chi connectivity index (χ2n) is 7.09. The summed E-state index contributed by atoms with van der Waals surface area (Å²) in [4.78, 5) is 24.8. The van der Waals surface area contributed by atoms with Gasteiger partial charge in [0.25, 0.3) is 5.91 Å². The van der Waals surface area contributed by atoms with Gasteiger partial charge in [-0.1, -0.05) is 30.3 Å². The number of carbonyl (C=O) groups excluding carboxylic acids is 2. The van der Waals surface area contributed by atoms with E-state index in [1.807, 2.05) is 36.4 Å². The van der Waals surface area contributed by atoms with E-state index in [2.05, 4.69) is 5.32 Å². The van der Waals surface area contributed by atoms with Crippen molar-refractivity contribution in [1.82, 2.24) is 4.31 Å². The minimum atomic E-state index is -3.75. The number of hydrogen-bond acceptors (Lipinski definition) is 7. The van der Waals surface area contributed by atoms with Gasteiger partial charge in [-0.3, -0.25) is 4.79 Å². The van der Waals surface area contributed by atoms with Crippen molar-refractivity contribution in [2.75, 3.05) is 19.5 Å². The van der Waals surface area contributed by atoms with E-state index in [-0.39, 0.29) is 32.4 Å². The molecule has 170 valence electrons. The lowest BCUT2D eigenvalue weighted by atomic mass is 10.1. The molecule has 0 radical (unpaired) electrons. The molecular formula is C23H21N3O5S2. The fourth-order valence-corrected chi connectivity index (χ4v) is 5.31. The molecule has 1 heterocycles. The van der Waals surface area contributed by atoms with Crippen LogP contribution in [-0.4, -0.2) is 38.8 Å². The highest BCUT2D eigenvalue weighted by Crippen LogP contribution is 2.33. The highest BCUT2D eigenvalue weighted by molar-refractivity contribution is 7.89. The number of nitrogens with one attached hydrogen (secondary N) is 1. The maximum Gasteiger partial charge on any atom is 0.348 e. The molecule has 10 heteroatoms. The summed E-state index contributed by atoms with van der Waals surface area (Å²) in [6, 6.07) is 16.7. The molecule has 0 saturated heterocycles. The number of thiophene rings is 1. The predicted molar refractivity (Wildman–Crippen MR) is 125 cm³/mol. The van der Waals surface area contributed by atoms with Gasteiger partial charge in [-0.25, -0.2) is 13.2 Å². The Hall–Kier alpha value is -3.52. The highest BCUT2D eigenvalue weighted by atomic mass is 32.2. The predicted octanol–water partition coefficient (Wildman–Crippen LogP) is 3.79. The van der Waals surface area contributed by atoms with E-state index in [0.29, 0.717) is 5.56 Å². The van der Waals surface area contributed by atoms with Crippen LogP contribution in [0, 0.1) is 18.3 Å². The molecule has 1 amide bonds. The number of nitriles is 1. The fourth-order valence-electron chi connectivity index (χ4n) is 3.08. The fraction of sp³-hybridized carbons (Fsp3) is 0.174. The second-order valence-corrected chi connectivity index (χ2v) is 10.2. The Balaban J connectivity index is 1.78. The average molecular weight is 484 g/mol. The van der Waals surface area contributed by atoms with Gasteiger partial charge in [0.1, 0.15) is 15.9 Å². The van der Waals surface area contributed by atoms with Gasteiger partial charge in [-0.15, -0.1) is 11.3 Å². The molecular weight excluding hydrogens is 462 g/mol. The molecule has 0 saturated carbocycles. The van der Waals surface area contributed by atoms with Crippen LogP contribution in [0.15, 0.2) is 59.5 Å². The Labute approximate surface area is 196 Å². The molecule has 1 aromatic heterocycles. The van der Waals surface area contributed by atoms with Gasteiger partial charge in [-0.2, -0.15) is 9.57 Å². The van der Waals surface area contributed by atoms with Crippen molar-refractivity contribution in [2.45, 2.75) is 18.4 Å². The number of carbonyl (C=O) groups is 2. The van der Waals surface area contributed by atoms with Crippen molar-refractivity contribution in [3.05, 3.63) is 81.7 Å². The van der Waals surface area contributed by atoms with Gasteiger partial charge in [0.15, 0.2) is 0 Å². The third-order valence-electron chi connectivity index (χ3n) is 4.93. The summed E-state index contributed by atoms with van der Waals surface area (Å²) in [6.07, 6.45) is 0. The van der Waals surface area contributed by atoms with E-state index in [0.717, 1.165) is 16.9 Å². The number of esters is 1. The van der Waals surface area contributed by atoms with Crippen molar-refractivity contribution >= 4 is 38.2 Å². The molecule has 33 heavy (non-hydrogen) atoms. The number of ether oxygens (including phenoxy) is 1. The lowest BCUT2D eigenvalue weighted by Crippen LogP contribution is -2.26. The Bertz CT molecular complexity index is 1320. The number of rotatable bonds is 7. The van der Waals surface area contributed by atoms with Crippen LogP contribution < -0.4 is 5.32 Å².